The maximum Gasteiger partial charge on any atom is 0.312 e. The summed E-state index contributed by atoms with van der Waals surface area (Å²) in [6, 6.07) is 6.25. The Morgan fingerprint density at radius 3 is 2.52 bits per heavy atom. The van der Waals surface area contributed by atoms with Crippen LogP contribution in [0.25, 0.3) is 6.08 Å². The molecule has 146 valence electrons. The summed E-state index contributed by atoms with van der Waals surface area (Å²) in [6.45, 7) is 8.01. The molecule has 4 heteroatoms. The van der Waals surface area contributed by atoms with Gasteiger partial charge in [-0.25, -0.2) is 0 Å². The van der Waals surface area contributed by atoms with Gasteiger partial charge < -0.3 is 14.8 Å². The number of nitrogens with one attached hydrogen (secondary N) is 1. The second-order valence-electron chi connectivity index (χ2n) is 9.61. The normalized spacial score (nSPS) is 31.7. The third-order valence-corrected chi connectivity index (χ3v) is 6.68. The van der Waals surface area contributed by atoms with E-state index in [1.54, 1.807) is 7.11 Å². The lowest BCUT2D eigenvalue weighted by Gasteiger charge is -2.57. The standard InChI is InChI=1S/C23H31NO3/c1-15-13-16-7-6-8-18(26-5)19(16)17-14-22(20(25)27-21(2,3)4)9-11-23(17,24-15)12-10-22/h6-8,13,17,24H,9-12,14H2,1-5H3. The van der Waals surface area contributed by atoms with Crippen molar-refractivity contribution in [2.45, 2.75) is 76.9 Å². The van der Waals surface area contributed by atoms with E-state index >= 15 is 0 Å². The molecule has 1 heterocycles. The third-order valence-electron chi connectivity index (χ3n) is 6.68. The van der Waals surface area contributed by atoms with E-state index in [1.807, 2.05) is 32.9 Å². The van der Waals surface area contributed by atoms with Crippen molar-refractivity contribution in [3.05, 3.63) is 35.0 Å². The number of fused-ring (bicyclic) bond motifs is 3. The average molecular weight is 370 g/mol. The van der Waals surface area contributed by atoms with Gasteiger partial charge in [-0.05, 0) is 77.5 Å². The summed E-state index contributed by atoms with van der Waals surface area (Å²) in [5.41, 5.74) is 2.82. The van der Waals surface area contributed by atoms with Gasteiger partial charge in [0.25, 0.3) is 0 Å². The van der Waals surface area contributed by atoms with Crippen LogP contribution in [0.2, 0.25) is 0 Å². The van der Waals surface area contributed by atoms with Gasteiger partial charge in [-0.2, -0.15) is 0 Å². The van der Waals surface area contributed by atoms with Crippen LogP contribution in [0, 0.1) is 5.41 Å². The van der Waals surface area contributed by atoms with Gasteiger partial charge in [0.2, 0.25) is 0 Å². The highest BCUT2D eigenvalue weighted by molar-refractivity contribution is 5.79. The summed E-state index contributed by atoms with van der Waals surface area (Å²) in [5, 5.41) is 3.84. The molecule has 3 saturated carbocycles. The first-order valence-corrected chi connectivity index (χ1v) is 10.0. The third kappa shape index (κ3) is 2.94. The lowest BCUT2D eigenvalue weighted by atomic mass is 9.51. The fourth-order valence-electron chi connectivity index (χ4n) is 5.48. The SMILES string of the molecule is COc1cccc2c1C1CC3(C(=O)OC(C)(C)C)CCC1(CC3)NC(C)=C2. The highest BCUT2D eigenvalue weighted by Gasteiger charge is 2.60. The minimum absolute atomic E-state index is 0.00420. The van der Waals surface area contributed by atoms with Gasteiger partial charge in [0, 0.05) is 22.7 Å². The van der Waals surface area contributed by atoms with Crippen LogP contribution in [0.15, 0.2) is 23.9 Å². The topological polar surface area (TPSA) is 47.6 Å². The Balaban J connectivity index is 1.79. The van der Waals surface area contributed by atoms with Gasteiger partial charge in [0.05, 0.1) is 12.5 Å². The van der Waals surface area contributed by atoms with E-state index in [0.29, 0.717) is 0 Å². The zero-order valence-electron chi connectivity index (χ0n) is 17.1. The second-order valence-corrected chi connectivity index (χ2v) is 9.61. The number of carbonyl (C=O) groups excluding carboxylic acids is 1. The van der Waals surface area contributed by atoms with Gasteiger partial charge in [0.1, 0.15) is 11.4 Å². The van der Waals surface area contributed by atoms with Crippen molar-refractivity contribution < 1.29 is 14.3 Å². The zero-order chi connectivity index (χ0) is 19.4. The molecule has 1 aromatic carbocycles. The summed E-state index contributed by atoms with van der Waals surface area (Å²) in [7, 11) is 1.74. The van der Waals surface area contributed by atoms with Gasteiger partial charge in [-0.1, -0.05) is 12.1 Å². The van der Waals surface area contributed by atoms with E-state index in [1.165, 1.54) is 16.8 Å². The Morgan fingerprint density at radius 1 is 1.19 bits per heavy atom. The van der Waals surface area contributed by atoms with E-state index < -0.39 is 5.60 Å². The van der Waals surface area contributed by atoms with E-state index in [4.69, 9.17) is 9.47 Å². The predicted octanol–water partition coefficient (Wildman–Crippen LogP) is 4.79. The number of allylic oxidation sites excluding steroid dienone is 1. The summed E-state index contributed by atoms with van der Waals surface area (Å²) in [4.78, 5) is 13.2. The van der Waals surface area contributed by atoms with E-state index in [0.717, 1.165) is 37.9 Å². The van der Waals surface area contributed by atoms with Crippen molar-refractivity contribution in [3.63, 3.8) is 0 Å². The highest BCUT2D eigenvalue weighted by Crippen LogP contribution is 2.61. The number of hydrogen-bond donors (Lipinski definition) is 1. The first-order chi connectivity index (χ1) is 12.7. The average Bonchev–Trinajstić information content (AvgIpc) is 2.73. The van der Waals surface area contributed by atoms with Gasteiger partial charge in [-0.3, -0.25) is 4.79 Å². The van der Waals surface area contributed by atoms with Crippen molar-refractivity contribution in [2.75, 3.05) is 7.11 Å². The van der Waals surface area contributed by atoms with Crippen LogP contribution in [0.4, 0.5) is 0 Å². The molecule has 1 aliphatic heterocycles. The van der Waals surface area contributed by atoms with Crippen LogP contribution in [0.5, 0.6) is 5.75 Å². The van der Waals surface area contributed by atoms with Crippen molar-refractivity contribution in [1.82, 2.24) is 5.32 Å². The van der Waals surface area contributed by atoms with Gasteiger partial charge in [-0.15, -0.1) is 0 Å². The summed E-state index contributed by atoms with van der Waals surface area (Å²) >= 11 is 0. The number of ether oxygens (including phenoxy) is 2. The fraction of sp³-hybridized carbons (Fsp3) is 0.609. The second kappa shape index (κ2) is 6.02. The molecule has 0 saturated heterocycles. The largest absolute Gasteiger partial charge is 0.496 e. The van der Waals surface area contributed by atoms with Crippen LogP contribution < -0.4 is 10.1 Å². The lowest BCUT2D eigenvalue weighted by molar-refractivity contribution is -0.176. The van der Waals surface area contributed by atoms with Gasteiger partial charge >= 0.3 is 5.97 Å². The lowest BCUT2D eigenvalue weighted by Crippen LogP contribution is -2.60. The molecule has 0 amide bonds. The summed E-state index contributed by atoms with van der Waals surface area (Å²) in [6.07, 6.45) is 6.80. The Bertz CT molecular complexity index is 794. The molecule has 1 N–H and O–H groups in total. The molecule has 3 aliphatic carbocycles. The number of benzene rings is 1. The Kier molecular flexibility index (Phi) is 4.10. The molecule has 1 aromatic rings. The molecule has 4 nitrogen and oxygen atoms in total. The number of esters is 1. The Morgan fingerprint density at radius 2 is 1.89 bits per heavy atom. The molecular formula is C23H31NO3. The van der Waals surface area contributed by atoms with Crippen LogP contribution in [0.1, 0.15) is 76.8 Å². The van der Waals surface area contributed by atoms with E-state index in [2.05, 4.69) is 24.4 Å². The highest BCUT2D eigenvalue weighted by atomic mass is 16.6. The first kappa shape index (κ1) is 18.4. The summed E-state index contributed by atoms with van der Waals surface area (Å²) in [5.74, 6) is 1.15. The fourth-order valence-corrected chi connectivity index (χ4v) is 5.48. The van der Waals surface area contributed by atoms with Gasteiger partial charge in [0.15, 0.2) is 0 Å². The van der Waals surface area contributed by atoms with Crippen LogP contribution in [-0.4, -0.2) is 24.2 Å². The summed E-state index contributed by atoms with van der Waals surface area (Å²) < 4.78 is 11.6. The molecule has 1 unspecified atom stereocenters. The molecule has 0 aromatic heterocycles. The molecule has 1 atom stereocenters. The molecule has 3 fully saturated rings. The number of methoxy groups -OCH3 is 1. The molecule has 0 radical (unpaired) electrons. The minimum Gasteiger partial charge on any atom is -0.496 e. The quantitative estimate of drug-likeness (QED) is 0.762. The predicted molar refractivity (Wildman–Crippen MR) is 107 cm³/mol. The van der Waals surface area contributed by atoms with E-state index in [-0.39, 0.29) is 22.8 Å². The van der Waals surface area contributed by atoms with Crippen LogP contribution in [0.3, 0.4) is 0 Å². The molecule has 2 bridgehead atoms. The van der Waals surface area contributed by atoms with Crippen molar-refractivity contribution in [1.29, 1.82) is 0 Å². The molecule has 5 rings (SSSR count). The van der Waals surface area contributed by atoms with E-state index in [9.17, 15) is 4.79 Å². The molecular weight excluding hydrogens is 338 g/mol. The number of carbonyl (C=O) groups is 1. The molecule has 1 spiro atoms. The molecule has 27 heavy (non-hydrogen) atoms. The van der Waals surface area contributed by atoms with Crippen molar-refractivity contribution >= 4 is 12.0 Å². The van der Waals surface area contributed by atoms with Crippen molar-refractivity contribution in [2.24, 2.45) is 5.41 Å². The maximum atomic E-state index is 13.2. The first-order valence-electron chi connectivity index (χ1n) is 10.0. The van der Waals surface area contributed by atoms with Crippen LogP contribution >= 0.6 is 0 Å². The Hall–Kier alpha value is -1.97. The smallest absolute Gasteiger partial charge is 0.312 e. The monoisotopic (exact) mass is 369 g/mol. The minimum atomic E-state index is -0.451. The maximum absolute atomic E-state index is 13.2. The Labute approximate surface area is 162 Å². The zero-order valence-corrected chi connectivity index (χ0v) is 17.1. The van der Waals surface area contributed by atoms with Crippen molar-refractivity contribution in [3.8, 4) is 5.75 Å². The van der Waals surface area contributed by atoms with Crippen LogP contribution in [-0.2, 0) is 9.53 Å². The number of hydrogen-bond acceptors (Lipinski definition) is 4. The number of rotatable bonds is 2. The molecule has 4 aliphatic rings.